The van der Waals surface area contributed by atoms with Gasteiger partial charge in [0.1, 0.15) is 0 Å². The van der Waals surface area contributed by atoms with E-state index in [0.717, 1.165) is 24.5 Å². The SMILES string of the molecule is CCC(C)N(CCc1ccc(OC)c(OC)c1)SC. The van der Waals surface area contributed by atoms with Gasteiger partial charge >= 0.3 is 0 Å². The van der Waals surface area contributed by atoms with Crippen molar-refractivity contribution in [3.63, 3.8) is 0 Å². The third kappa shape index (κ3) is 4.62. The first kappa shape index (κ1) is 16.2. The first-order valence-electron chi connectivity index (χ1n) is 6.67. The Balaban J connectivity index is 2.67. The van der Waals surface area contributed by atoms with Crippen LogP contribution in [0.3, 0.4) is 0 Å². The molecule has 1 aromatic rings. The lowest BCUT2D eigenvalue weighted by Crippen LogP contribution is -2.27. The van der Waals surface area contributed by atoms with Crippen LogP contribution in [0.15, 0.2) is 18.2 Å². The molecule has 3 nitrogen and oxygen atoms in total. The van der Waals surface area contributed by atoms with Gasteiger partial charge in [0.2, 0.25) is 0 Å². The van der Waals surface area contributed by atoms with Crippen LogP contribution in [0, 0.1) is 0 Å². The maximum Gasteiger partial charge on any atom is 0.160 e. The molecule has 0 radical (unpaired) electrons. The molecule has 0 aliphatic heterocycles. The topological polar surface area (TPSA) is 21.7 Å². The Hall–Kier alpha value is -0.870. The van der Waals surface area contributed by atoms with Gasteiger partial charge in [-0.15, -0.1) is 0 Å². The number of hydrogen-bond donors (Lipinski definition) is 0. The maximum atomic E-state index is 5.33. The van der Waals surface area contributed by atoms with Gasteiger partial charge in [0.25, 0.3) is 0 Å². The van der Waals surface area contributed by atoms with Gasteiger partial charge in [-0.3, -0.25) is 0 Å². The normalized spacial score (nSPS) is 12.5. The predicted molar refractivity (Wildman–Crippen MR) is 83.2 cm³/mol. The van der Waals surface area contributed by atoms with Crippen LogP contribution in [0.4, 0.5) is 0 Å². The van der Waals surface area contributed by atoms with Gasteiger partial charge in [-0.1, -0.05) is 24.9 Å². The maximum absolute atomic E-state index is 5.33. The third-order valence-electron chi connectivity index (χ3n) is 3.39. The Morgan fingerprint density at radius 3 is 2.42 bits per heavy atom. The molecule has 108 valence electrons. The molecular formula is C15H25NO2S. The molecule has 0 N–H and O–H groups in total. The van der Waals surface area contributed by atoms with E-state index in [9.17, 15) is 0 Å². The van der Waals surface area contributed by atoms with E-state index in [0.29, 0.717) is 6.04 Å². The highest BCUT2D eigenvalue weighted by Gasteiger charge is 2.11. The predicted octanol–water partition coefficient (Wildman–Crippen LogP) is 3.62. The van der Waals surface area contributed by atoms with E-state index in [1.807, 2.05) is 18.0 Å². The van der Waals surface area contributed by atoms with Gasteiger partial charge in [0, 0.05) is 12.6 Å². The second kappa shape index (κ2) is 8.33. The minimum atomic E-state index is 0.607. The van der Waals surface area contributed by atoms with E-state index in [2.05, 4.69) is 36.5 Å². The first-order chi connectivity index (χ1) is 9.15. The number of nitrogens with zero attached hydrogens (tertiary/aromatic N) is 1. The molecule has 1 unspecified atom stereocenters. The van der Waals surface area contributed by atoms with Crippen LogP contribution in [-0.2, 0) is 6.42 Å². The van der Waals surface area contributed by atoms with Gasteiger partial charge in [-0.25, -0.2) is 4.31 Å². The summed E-state index contributed by atoms with van der Waals surface area (Å²) in [6, 6.07) is 6.75. The van der Waals surface area contributed by atoms with E-state index in [1.54, 1.807) is 14.2 Å². The smallest absolute Gasteiger partial charge is 0.160 e. The van der Waals surface area contributed by atoms with E-state index in [4.69, 9.17) is 9.47 Å². The Morgan fingerprint density at radius 2 is 1.89 bits per heavy atom. The minimum Gasteiger partial charge on any atom is -0.493 e. The zero-order valence-corrected chi connectivity index (χ0v) is 13.4. The summed E-state index contributed by atoms with van der Waals surface area (Å²) in [6.07, 6.45) is 4.33. The molecule has 0 fully saturated rings. The fourth-order valence-corrected chi connectivity index (χ4v) is 2.75. The van der Waals surface area contributed by atoms with Gasteiger partial charge in [-0.2, -0.15) is 0 Å². The average Bonchev–Trinajstić information content (AvgIpc) is 2.47. The minimum absolute atomic E-state index is 0.607. The lowest BCUT2D eigenvalue weighted by atomic mass is 10.1. The summed E-state index contributed by atoms with van der Waals surface area (Å²) in [6.45, 7) is 5.54. The van der Waals surface area contributed by atoms with Gasteiger partial charge in [0.05, 0.1) is 14.2 Å². The lowest BCUT2D eigenvalue weighted by molar-refractivity contribution is 0.353. The van der Waals surface area contributed by atoms with Crippen molar-refractivity contribution in [1.82, 2.24) is 4.31 Å². The Bertz CT molecular complexity index is 384. The van der Waals surface area contributed by atoms with Crippen molar-refractivity contribution in [3.8, 4) is 11.5 Å². The molecule has 0 spiro atoms. The quantitative estimate of drug-likeness (QED) is 0.679. The molecule has 0 heterocycles. The van der Waals surface area contributed by atoms with E-state index >= 15 is 0 Å². The second-order valence-corrected chi connectivity index (χ2v) is 5.35. The average molecular weight is 283 g/mol. The highest BCUT2D eigenvalue weighted by atomic mass is 32.2. The largest absolute Gasteiger partial charge is 0.493 e. The summed E-state index contributed by atoms with van der Waals surface area (Å²) in [5.74, 6) is 1.59. The molecule has 0 amide bonds. The number of rotatable bonds is 8. The Morgan fingerprint density at radius 1 is 1.21 bits per heavy atom. The van der Waals surface area contributed by atoms with Crippen molar-refractivity contribution in [3.05, 3.63) is 23.8 Å². The Kier molecular flexibility index (Phi) is 7.10. The van der Waals surface area contributed by atoms with Crippen LogP contribution < -0.4 is 9.47 Å². The van der Waals surface area contributed by atoms with Crippen LogP contribution in [0.1, 0.15) is 25.8 Å². The van der Waals surface area contributed by atoms with Gasteiger partial charge < -0.3 is 9.47 Å². The van der Waals surface area contributed by atoms with Crippen molar-refractivity contribution in [2.75, 3.05) is 27.0 Å². The van der Waals surface area contributed by atoms with Crippen molar-refractivity contribution >= 4 is 11.9 Å². The molecule has 1 aromatic carbocycles. The number of benzene rings is 1. The van der Waals surface area contributed by atoms with E-state index in [-0.39, 0.29) is 0 Å². The summed E-state index contributed by atoms with van der Waals surface area (Å²) in [4.78, 5) is 0. The standard InChI is InChI=1S/C15H25NO2S/c1-6-12(2)16(19-5)10-9-13-7-8-14(17-3)15(11-13)18-4/h7-8,11-12H,6,9-10H2,1-5H3. The summed E-state index contributed by atoms with van der Waals surface area (Å²) in [5, 5.41) is 0. The molecule has 0 saturated heterocycles. The molecular weight excluding hydrogens is 258 g/mol. The molecule has 0 aliphatic carbocycles. The molecule has 1 rings (SSSR count). The summed E-state index contributed by atoms with van der Waals surface area (Å²) in [5.41, 5.74) is 1.28. The molecule has 1 atom stereocenters. The summed E-state index contributed by atoms with van der Waals surface area (Å²) >= 11 is 1.82. The zero-order valence-electron chi connectivity index (χ0n) is 12.6. The van der Waals surface area contributed by atoms with Crippen LogP contribution in [0.5, 0.6) is 11.5 Å². The van der Waals surface area contributed by atoms with Crippen LogP contribution in [0.2, 0.25) is 0 Å². The fraction of sp³-hybridized carbons (Fsp3) is 0.600. The van der Waals surface area contributed by atoms with Crippen LogP contribution in [-0.4, -0.2) is 37.4 Å². The van der Waals surface area contributed by atoms with Crippen molar-refractivity contribution in [2.45, 2.75) is 32.7 Å². The van der Waals surface area contributed by atoms with E-state index < -0.39 is 0 Å². The van der Waals surface area contributed by atoms with Crippen LogP contribution >= 0.6 is 11.9 Å². The number of methoxy groups -OCH3 is 2. The monoisotopic (exact) mass is 283 g/mol. The van der Waals surface area contributed by atoms with Crippen molar-refractivity contribution in [1.29, 1.82) is 0 Å². The first-order valence-corrected chi connectivity index (χ1v) is 7.86. The molecule has 0 aliphatic rings. The summed E-state index contributed by atoms with van der Waals surface area (Å²) < 4.78 is 13.0. The van der Waals surface area contributed by atoms with Crippen LogP contribution in [0.25, 0.3) is 0 Å². The molecule has 4 heteroatoms. The van der Waals surface area contributed by atoms with Crippen molar-refractivity contribution in [2.24, 2.45) is 0 Å². The van der Waals surface area contributed by atoms with E-state index in [1.165, 1.54) is 12.0 Å². The second-order valence-electron chi connectivity index (χ2n) is 4.52. The number of hydrogen-bond acceptors (Lipinski definition) is 4. The lowest BCUT2D eigenvalue weighted by Gasteiger charge is -2.25. The number of ether oxygens (including phenoxy) is 2. The van der Waals surface area contributed by atoms with Crippen molar-refractivity contribution < 1.29 is 9.47 Å². The van der Waals surface area contributed by atoms with Gasteiger partial charge in [-0.05, 0) is 43.7 Å². The molecule has 19 heavy (non-hydrogen) atoms. The summed E-state index contributed by atoms with van der Waals surface area (Å²) in [7, 11) is 3.34. The fourth-order valence-electron chi connectivity index (χ4n) is 1.97. The highest BCUT2D eigenvalue weighted by molar-refractivity contribution is 7.96. The highest BCUT2D eigenvalue weighted by Crippen LogP contribution is 2.28. The Labute approximate surface area is 121 Å². The zero-order chi connectivity index (χ0) is 14.3. The molecule has 0 bridgehead atoms. The molecule has 0 aromatic heterocycles. The third-order valence-corrected chi connectivity index (χ3v) is 4.40. The molecule has 0 saturated carbocycles. The van der Waals surface area contributed by atoms with Gasteiger partial charge in [0.15, 0.2) is 11.5 Å².